The molecule has 0 unspecified atom stereocenters. The monoisotopic (exact) mass is 536 g/mol. The number of nitrogens with zero attached hydrogens (tertiary/aromatic N) is 4. The normalized spacial score (nSPS) is 18.5. The van der Waals surface area contributed by atoms with Crippen molar-refractivity contribution in [2.24, 2.45) is 11.8 Å². The number of carbonyl (C=O) groups excluding carboxylic acids is 2. The summed E-state index contributed by atoms with van der Waals surface area (Å²) < 4.78 is 29.0. The van der Waals surface area contributed by atoms with Crippen molar-refractivity contribution in [2.75, 3.05) is 24.7 Å². The molecule has 1 saturated carbocycles. The molecule has 2 aromatic heterocycles. The number of nitrogens with two attached hydrogens (primary N) is 1. The summed E-state index contributed by atoms with van der Waals surface area (Å²) in [7, 11) is 1.65. The molecule has 3 rings (SSSR count). The van der Waals surface area contributed by atoms with Crippen molar-refractivity contribution in [2.45, 2.75) is 96.6 Å². The lowest BCUT2D eigenvalue weighted by molar-refractivity contribution is -0.180. The molecule has 4 atom stereocenters. The van der Waals surface area contributed by atoms with Crippen LogP contribution in [0.3, 0.4) is 0 Å². The molecule has 0 aliphatic heterocycles. The van der Waals surface area contributed by atoms with Crippen LogP contribution in [0, 0.1) is 11.8 Å². The largest absolute Gasteiger partial charge is 0.463 e. The lowest BCUT2D eigenvalue weighted by Gasteiger charge is -2.38. The van der Waals surface area contributed by atoms with Crippen LogP contribution in [0.1, 0.15) is 78.7 Å². The number of alkyl halides is 1. The second-order valence-electron chi connectivity index (χ2n) is 10.8. The molecule has 0 saturated heterocycles. The van der Waals surface area contributed by atoms with Crippen LogP contribution in [-0.4, -0.2) is 68.1 Å². The summed E-state index contributed by atoms with van der Waals surface area (Å²) in [6, 6.07) is -1.01. The van der Waals surface area contributed by atoms with E-state index in [1.54, 1.807) is 14.0 Å². The van der Waals surface area contributed by atoms with Crippen molar-refractivity contribution in [1.29, 1.82) is 0 Å². The molecule has 1 aliphatic rings. The van der Waals surface area contributed by atoms with Crippen molar-refractivity contribution < 1.29 is 28.6 Å². The summed E-state index contributed by atoms with van der Waals surface area (Å²) >= 11 is 0. The molecule has 212 valence electrons. The number of nitrogens with one attached hydrogen (secondary N) is 1. The zero-order valence-corrected chi connectivity index (χ0v) is 22.9. The van der Waals surface area contributed by atoms with Crippen LogP contribution in [0.25, 0.3) is 11.2 Å². The number of fused-ring (bicyclic) bond motifs is 1. The van der Waals surface area contributed by atoms with E-state index in [0.717, 1.165) is 32.1 Å². The predicted octanol–water partition coefficient (Wildman–Crippen LogP) is 3.57. The Bertz CT molecular complexity index is 1100. The zero-order valence-electron chi connectivity index (χ0n) is 22.9. The van der Waals surface area contributed by atoms with Gasteiger partial charge >= 0.3 is 11.9 Å². The first kappa shape index (κ1) is 29.5. The summed E-state index contributed by atoms with van der Waals surface area (Å²) in [5.41, 5.74) is 4.20. The van der Waals surface area contributed by atoms with Gasteiger partial charge in [-0.05, 0) is 38.5 Å². The maximum atomic E-state index is 16.7. The third-order valence-electron chi connectivity index (χ3n) is 7.24. The van der Waals surface area contributed by atoms with Gasteiger partial charge in [-0.2, -0.15) is 9.97 Å². The minimum Gasteiger partial charge on any atom is -0.463 e. The standard InChI is InChI=1S/C26H41FN6O5/c1-15(2)11-19(35)37-13-18(34)22(38-20(36)12-17-9-7-6-8-10-17)26(4,27)16(3)33-14-30-21-23(29-5)31-25(28)32-24(21)33/h14-18,22,34H,6-13H2,1-5H3,(H3,28,29,31,32)/t16-,18-,22-,26+/m1/s1. The molecular formula is C26H41FN6O5. The number of aliphatic hydroxyl groups is 1. The predicted molar refractivity (Wildman–Crippen MR) is 141 cm³/mol. The van der Waals surface area contributed by atoms with Crippen LogP contribution in [-0.2, 0) is 19.1 Å². The summed E-state index contributed by atoms with van der Waals surface area (Å²) in [5.74, 6) is -0.534. The number of esters is 2. The second-order valence-corrected chi connectivity index (χ2v) is 10.8. The van der Waals surface area contributed by atoms with Crippen molar-refractivity contribution in [3.8, 4) is 0 Å². The third-order valence-corrected chi connectivity index (χ3v) is 7.24. The van der Waals surface area contributed by atoms with Crippen LogP contribution in [0.2, 0.25) is 0 Å². The molecular weight excluding hydrogens is 495 g/mol. The Morgan fingerprint density at radius 2 is 1.92 bits per heavy atom. The van der Waals surface area contributed by atoms with Crippen molar-refractivity contribution in [3.63, 3.8) is 0 Å². The van der Waals surface area contributed by atoms with Gasteiger partial charge in [0, 0.05) is 19.9 Å². The first-order valence-corrected chi connectivity index (χ1v) is 13.3. The maximum Gasteiger partial charge on any atom is 0.306 e. The number of anilines is 2. The molecule has 0 aromatic carbocycles. The molecule has 1 aliphatic carbocycles. The Balaban J connectivity index is 1.87. The molecule has 38 heavy (non-hydrogen) atoms. The minimum absolute atomic E-state index is 0.0241. The molecule has 0 bridgehead atoms. The molecule has 11 nitrogen and oxygen atoms in total. The quantitative estimate of drug-likeness (QED) is 0.343. The number of imidazole rings is 1. The van der Waals surface area contributed by atoms with E-state index >= 15 is 4.39 Å². The van der Waals surface area contributed by atoms with Crippen molar-refractivity contribution in [1.82, 2.24) is 19.5 Å². The second kappa shape index (κ2) is 12.7. The Labute approximate surface area is 222 Å². The van der Waals surface area contributed by atoms with Crippen molar-refractivity contribution >= 4 is 34.9 Å². The molecule has 12 heteroatoms. The van der Waals surface area contributed by atoms with E-state index < -0.39 is 42.5 Å². The SMILES string of the molecule is CNc1nc(N)nc2c1ncn2[C@H](C)[C@](C)(F)[C@H](OC(=O)CC1CCCCC1)[C@H](O)COC(=O)CC(C)C. The molecule has 4 N–H and O–H groups in total. The molecule has 2 heterocycles. The van der Waals surface area contributed by atoms with Gasteiger partial charge in [-0.25, -0.2) is 9.37 Å². The van der Waals surface area contributed by atoms with Crippen LogP contribution in [0.15, 0.2) is 6.33 Å². The Morgan fingerprint density at radius 1 is 1.24 bits per heavy atom. The average molecular weight is 537 g/mol. The maximum absolute atomic E-state index is 16.7. The number of aliphatic hydroxyl groups excluding tert-OH is 1. The van der Waals surface area contributed by atoms with Crippen molar-refractivity contribution in [3.05, 3.63) is 6.33 Å². The highest BCUT2D eigenvalue weighted by molar-refractivity contribution is 5.84. The number of ether oxygens (including phenoxy) is 2. The van der Waals surface area contributed by atoms with Gasteiger partial charge in [-0.1, -0.05) is 33.1 Å². The lowest BCUT2D eigenvalue weighted by atomic mass is 9.86. The molecule has 1 fully saturated rings. The van der Waals surface area contributed by atoms with Crippen LogP contribution < -0.4 is 11.1 Å². The summed E-state index contributed by atoms with van der Waals surface area (Å²) in [6.45, 7) is 6.02. The number of hydrogen-bond donors (Lipinski definition) is 3. The van der Waals surface area contributed by atoms with E-state index in [4.69, 9.17) is 15.2 Å². The zero-order chi connectivity index (χ0) is 28.0. The fourth-order valence-corrected chi connectivity index (χ4v) is 4.95. The van der Waals surface area contributed by atoms with Gasteiger partial charge in [0.15, 0.2) is 28.8 Å². The van der Waals surface area contributed by atoms with E-state index in [9.17, 15) is 14.7 Å². The van der Waals surface area contributed by atoms with Crippen LogP contribution in [0.4, 0.5) is 16.2 Å². The topological polar surface area (TPSA) is 154 Å². The minimum atomic E-state index is -2.32. The fraction of sp³-hybridized carbons (Fsp3) is 0.731. The number of rotatable bonds is 12. The first-order chi connectivity index (χ1) is 17.9. The van der Waals surface area contributed by atoms with Gasteiger partial charge in [0.1, 0.15) is 12.7 Å². The third kappa shape index (κ3) is 7.09. The van der Waals surface area contributed by atoms with Gasteiger partial charge in [-0.15, -0.1) is 0 Å². The van der Waals surface area contributed by atoms with Gasteiger partial charge in [0.25, 0.3) is 0 Å². The van der Waals surface area contributed by atoms with E-state index in [1.165, 1.54) is 17.8 Å². The Morgan fingerprint density at radius 3 is 2.55 bits per heavy atom. The van der Waals surface area contributed by atoms with E-state index in [0.29, 0.717) is 11.3 Å². The highest BCUT2D eigenvalue weighted by Gasteiger charge is 2.48. The van der Waals surface area contributed by atoms with E-state index in [-0.39, 0.29) is 36.3 Å². The Hall–Kier alpha value is -3.02. The van der Waals surface area contributed by atoms with Crippen LogP contribution in [0.5, 0.6) is 0 Å². The van der Waals surface area contributed by atoms with Gasteiger partial charge in [0.05, 0.1) is 12.4 Å². The number of halogens is 1. The van der Waals surface area contributed by atoms with Gasteiger partial charge in [-0.3, -0.25) is 9.59 Å². The first-order valence-electron chi connectivity index (χ1n) is 13.3. The Kier molecular flexibility index (Phi) is 9.86. The molecule has 2 aromatic rings. The molecule has 0 spiro atoms. The number of hydrogen-bond acceptors (Lipinski definition) is 10. The van der Waals surface area contributed by atoms with E-state index in [1.807, 2.05) is 13.8 Å². The summed E-state index contributed by atoms with van der Waals surface area (Å²) in [5, 5.41) is 13.9. The van der Waals surface area contributed by atoms with Crippen LogP contribution >= 0.6 is 0 Å². The van der Waals surface area contributed by atoms with Gasteiger partial charge < -0.3 is 30.2 Å². The summed E-state index contributed by atoms with van der Waals surface area (Å²) in [4.78, 5) is 37.7. The highest BCUT2D eigenvalue weighted by Crippen LogP contribution is 2.37. The number of carbonyl (C=O) groups is 2. The van der Waals surface area contributed by atoms with Gasteiger partial charge in [0.2, 0.25) is 5.95 Å². The fourth-order valence-electron chi connectivity index (χ4n) is 4.95. The molecule has 0 amide bonds. The highest BCUT2D eigenvalue weighted by atomic mass is 19.1. The lowest BCUT2D eigenvalue weighted by Crippen LogP contribution is -2.52. The van der Waals surface area contributed by atoms with E-state index in [2.05, 4.69) is 20.3 Å². The number of aromatic nitrogens is 4. The smallest absolute Gasteiger partial charge is 0.306 e. The average Bonchev–Trinajstić information content (AvgIpc) is 3.28. The summed E-state index contributed by atoms with van der Waals surface area (Å²) in [6.07, 6.45) is 3.52. The number of nitrogen functional groups attached to an aromatic ring is 1. The molecule has 0 radical (unpaired) electrons.